The number of hydrogen-bond donors (Lipinski definition) is 5. The van der Waals surface area contributed by atoms with Gasteiger partial charge in [-0.3, -0.25) is 9.59 Å². The van der Waals surface area contributed by atoms with E-state index in [1.54, 1.807) is 14.0 Å². The molecule has 6 N–H and O–H groups in total. The molecule has 1 aliphatic heterocycles. The summed E-state index contributed by atoms with van der Waals surface area (Å²) in [7, 11) is -2.02. The highest BCUT2D eigenvalue weighted by atomic mass is 32.2. The third kappa shape index (κ3) is 10.7. The van der Waals surface area contributed by atoms with Crippen LogP contribution < -0.4 is 21.7 Å². The second-order valence-electron chi connectivity index (χ2n) is 6.91. The molecule has 11 nitrogen and oxygen atoms in total. The highest BCUT2D eigenvalue weighted by molar-refractivity contribution is 7.89. The molecule has 1 saturated heterocycles. The molecule has 3 rings (SSSR count). The summed E-state index contributed by atoms with van der Waals surface area (Å²) in [5.74, 6) is -0.243. The molecule has 3 amide bonds. The minimum Gasteiger partial charge on any atom is -0.483 e. The summed E-state index contributed by atoms with van der Waals surface area (Å²) in [5.41, 5.74) is 7.14. The van der Waals surface area contributed by atoms with E-state index in [2.05, 4.69) is 16.0 Å². The van der Waals surface area contributed by atoms with Gasteiger partial charge in [0.1, 0.15) is 6.04 Å². The first-order chi connectivity index (χ1) is 17.2. The fourth-order valence-electron chi connectivity index (χ4n) is 2.85. The predicted molar refractivity (Wildman–Crippen MR) is 140 cm³/mol. The van der Waals surface area contributed by atoms with Crippen LogP contribution >= 0.6 is 0 Å². The Hall–Kier alpha value is -3.64. The molecule has 1 unspecified atom stereocenters. The van der Waals surface area contributed by atoms with Crippen molar-refractivity contribution in [3.8, 4) is 0 Å². The van der Waals surface area contributed by atoms with Crippen LogP contribution in [-0.4, -0.2) is 62.4 Å². The average Bonchev–Trinajstić information content (AvgIpc) is 2.85. The SMILES string of the molecule is CC.CCNC(=O)C1CCN1S(=O)(=O)c1ccc(N)cc1.CNC(=O)NCc1ccccc1.O=CO. The van der Waals surface area contributed by atoms with Gasteiger partial charge in [-0.15, -0.1) is 0 Å². The molecule has 1 atom stereocenters. The van der Waals surface area contributed by atoms with Gasteiger partial charge in [0, 0.05) is 32.4 Å². The second-order valence-corrected chi connectivity index (χ2v) is 8.80. The summed E-state index contributed by atoms with van der Waals surface area (Å²) in [4.78, 5) is 31.0. The van der Waals surface area contributed by atoms with E-state index in [1.165, 1.54) is 28.6 Å². The Balaban J connectivity index is 0.000000618. The van der Waals surface area contributed by atoms with E-state index in [9.17, 15) is 18.0 Å². The van der Waals surface area contributed by atoms with Crippen LogP contribution in [0.3, 0.4) is 0 Å². The quantitative estimate of drug-likeness (QED) is 0.285. The largest absolute Gasteiger partial charge is 0.483 e. The van der Waals surface area contributed by atoms with Gasteiger partial charge < -0.3 is 26.8 Å². The van der Waals surface area contributed by atoms with Crippen molar-refractivity contribution < 1.29 is 27.9 Å². The summed E-state index contributed by atoms with van der Waals surface area (Å²) < 4.78 is 25.9. The number of sulfonamides is 1. The van der Waals surface area contributed by atoms with Crippen LogP contribution in [0.5, 0.6) is 0 Å². The number of nitrogen functional groups attached to an aromatic ring is 1. The van der Waals surface area contributed by atoms with E-state index >= 15 is 0 Å². The van der Waals surface area contributed by atoms with Crippen LogP contribution in [0.2, 0.25) is 0 Å². The molecule has 2 aromatic rings. The smallest absolute Gasteiger partial charge is 0.314 e. The van der Waals surface area contributed by atoms with Crippen molar-refractivity contribution in [1.29, 1.82) is 0 Å². The Morgan fingerprint density at radius 1 is 1.08 bits per heavy atom. The van der Waals surface area contributed by atoms with E-state index in [0.717, 1.165) is 5.56 Å². The molecule has 2 aromatic carbocycles. The zero-order chi connectivity index (χ0) is 27.6. The van der Waals surface area contributed by atoms with Crippen molar-refractivity contribution in [2.45, 2.75) is 44.7 Å². The van der Waals surface area contributed by atoms with Gasteiger partial charge >= 0.3 is 6.03 Å². The number of nitrogens with one attached hydrogen (secondary N) is 3. The number of hydrogen-bond acceptors (Lipinski definition) is 6. The third-order valence-electron chi connectivity index (χ3n) is 4.63. The van der Waals surface area contributed by atoms with Gasteiger partial charge in [0.05, 0.1) is 4.90 Å². The van der Waals surface area contributed by atoms with Gasteiger partial charge in [-0.2, -0.15) is 4.31 Å². The average molecular weight is 524 g/mol. The number of amides is 3. The molecular formula is C24H37N5O6S. The molecule has 12 heteroatoms. The Morgan fingerprint density at radius 2 is 1.64 bits per heavy atom. The Labute approximate surface area is 213 Å². The van der Waals surface area contributed by atoms with Gasteiger partial charge in [0.25, 0.3) is 6.47 Å². The first-order valence-corrected chi connectivity index (χ1v) is 12.9. The lowest BCUT2D eigenvalue weighted by molar-refractivity contribution is -0.127. The van der Waals surface area contributed by atoms with Crippen LogP contribution in [0.4, 0.5) is 10.5 Å². The fourth-order valence-corrected chi connectivity index (χ4v) is 4.48. The lowest BCUT2D eigenvalue weighted by Crippen LogP contribution is -2.58. The Kier molecular flexibility index (Phi) is 16.0. The molecule has 36 heavy (non-hydrogen) atoms. The van der Waals surface area contributed by atoms with Crippen molar-refractivity contribution in [3.63, 3.8) is 0 Å². The molecule has 0 aliphatic carbocycles. The third-order valence-corrected chi connectivity index (χ3v) is 6.56. The molecule has 0 saturated carbocycles. The number of urea groups is 1. The second kappa shape index (κ2) is 17.7. The number of carbonyl (C=O) groups excluding carboxylic acids is 2. The predicted octanol–water partition coefficient (Wildman–Crippen LogP) is 2.01. The van der Waals surface area contributed by atoms with Crippen LogP contribution in [-0.2, 0) is 26.2 Å². The van der Waals surface area contributed by atoms with Crippen molar-refractivity contribution in [1.82, 2.24) is 20.3 Å². The van der Waals surface area contributed by atoms with Crippen molar-refractivity contribution in [2.24, 2.45) is 0 Å². The van der Waals surface area contributed by atoms with Crippen LogP contribution in [0, 0.1) is 0 Å². The van der Waals surface area contributed by atoms with Gasteiger partial charge in [-0.25, -0.2) is 13.2 Å². The van der Waals surface area contributed by atoms with Crippen LogP contribution in [0.15, 0.2) is 59.5 Å². The highest BCUT2D eigenvalue weighted by Gasteiger charge is 2.42. The zero-order valence-electron chi connectivity index (χ0n) is 21.1. The minimum atomic E-state index is -3.61. The molecular weight excluding hydrogens is 486 g/mol. The number of carbonyl (C=O) groups is 3. The zero-order valence-corrected chi connectivity index (χ0v) is 21.9. The number of benzene rings is 2. The van der Waals surface area contributed by atoms with Gasteiger partial charge in [0.2, 0.25) is 15.9 Å². The van der Waals surface area contributed by atoms with E-state index in [-0.39, 0.29) is 23.3 Å². The van der Waals surface area contributed by atoms with Gasteiger partial charge in [0.15, 0.2) is 0 Å². The van der Waals surface area contributed by atoms with Gasteiger partial charge in [-0.05, 0) is 43.2 Å². The lowest BCUT2D eigenvalue weighted by Gasteiger charge is -2.38. The highest BCUT2D eigenvalue weighted by Crippen LogP contribution is 2.27. The maximum Gasteiger partial charge on any atom is 0.314 e. The number of likely N-dealkylation sites (N-methyl/N-ethyl adjacent to an activating group) is 1. The maximum absolute atomic E-state index is 12.3. The molecule has 0 bridgehead atoms. The maximum atomic E-state index is 12.3. The van der Waals surface area contributed by atoms with Crippen LogP contribution in [0.25, 0.3) is 0 Å². The van der Waals surface area contributed by atoms with Crippen molar-refractivity contribution in [2.75, 3.05) is 25.9 Å². The van der Waals surface area contributed by atoms with E-state index in [4.69, 9.17) is 15.6 Å². The molecule has 0 aromatic heterocycles. The number of nitrogens with two attached hydrogens (primary N) is 1. The van der Waals surface area contributed by atoms with Gasteiger partial charge in [-0.1, -0.05) is 44.2 Å². The number of carboxylic acid groups (broad SMARTS) is 1. The first kappa shape index (κ1) is 32.4. The summed E-state index contributed by atoms with van der Waals surface area (Å²) in [5, 5.41) is 14.7. The molecule has 1 fully saturated rings. The van der Waals surface area contributed by atoms with Crippen molar-refractivity contribution in [3.05, 3.63) is 60.2 Å². The molecule has 0 radical (unpaired) electrons. The first-order valence-electron chi connectivity index (χ1n) is 11.4. The number of anilines is 1. The molecule has 0 spiro atoms. The Bertz CT molecular complexity index is 1020. The fraction of sp³-hybridized carbons (Fsp3) is 0.375. The normalized spacial score (nSPS) is 13.9. The standard InChI is InChI=1S/C12H17N3O3S.C9H12N2O.C2H6.CH2O2/c1-2-14-12(16)11-7-8-15(11)19(17,18)10-5-3-9(13)4-6-10;1-10-9(12)11-7-8-5-3-2-4-6-8;1-2;2-1-3/h3-6,11H,2,7-8,13H2,1H3,(H,14,16);2-6H,7H2,1H3,(H2,10,11,12);1-2H3;1H,(H,2,3). The number of nitrogens with zero attached hydrogens (tertiary/aromatic N) is 1. The monoisotopic (exact) mass is 523 g/mol. The van der Waals surface area contributed by atoms with E-state index in [0.29, 0.717) is 31.7 Å². The van der Waals surface area contributed by atoms with E-state index < -0.39 is 16.1 Å². The Morgan fingerprint density at radius 3 is 2.08 bits per heavy atom. The summed E-state index contributed by atoms with van der Waals surface area (Å²) >= 11 is 0. The number of rotatable bonds is 6. The lowest BCUT2D eigenvalue weighted by atomic mass is 10.1. The van der Waals surface area contributed by atoms with E-state index in [1.807, 2.05) is 44.2 Å². The summed E-state index contributed by atoms with van der Waals surface area (Å²) in [6, 6.07) is 15.0. The van der Waals surface area contributed by atoms with Crippen LogP contribution in [0.1, 0.15) is 32.8 Å². The minimum absolute atomic E-state index is 0.154. The van der Waals surface area contributed by atoms with Crippen molar-refractivity contribution >= 4 is 34.1 Å². The topological polar surface area (TPSA) is 171 Å². The summed E-state index contributed by atoms with van der Waals surface area (Å²) in [6.07, 6.45) is 0.556. The summed E-state index contributed by atoms with van der Waals surface area (Å²) in [6.45, 7) is 6.98. The molecule has 200 valence electrons. The molecule has 1 heterocycles. The molecule has 1 aliphatic rings.